The zero-order valence-electron chi connectivity index (χ0n) is 10.9. The molecule has 2 aromatic carbocycles. The van der Waals surface area contributed by atoms with Gasteiger partial charge >= 0.3 is 19.8 Å². The van der Waals surface area contributed by atoms with E-state index in [1.807, 2.05) is 0 Å². The molecule has 0 atom stereocenters. The van der Waals surface area contributed by atoms with Gasteiger partial charge in [-0.1, -0.05) is 30.3 Å². The van der Waals surface area contributed by atoms with Crippen LogP contribution in [0.3, 0.4) is 0 Å². The summed E-state index contributed by atoms with van der Waals surface area (Å²) in [6.07, 6.45) is -9.79. The lowest BCUT2D eigenvalue weighted by Gasteiger charge is -2.14. The van der Waals surface area contributed by atoms with Gasteiger partial charge in [0, 0.05) is 0 Å². The monoisotopic (exact) mass is 317 g/mol. The molecule has 0 aliphatic heterocycles. The van der Waals surface area contributed by atoms with Crippen molar-refractivity contribution in [2.24, 2.45) is 0 Å². The molecule has 2 aromatic rings. The van der Waals surface area contributed by atoms with Gasteiger partial charge in [-0.15, -0.1) is 0 Å². The molecular formula is C14H8BF6O. The molecule has 0 fully saturated rings. The van der Waals surface area contributed by atoms with Crippen LogP contribution >= 0.6 is 0 Å². The highest BCUT2D eigenvalue weighted by molar-refractivity contribution is 6.47. The van der Waals surface area contributed by atoms with E-state index in [4.69, 9.17) is 4.65 Å². The van der Waals surface area contributed by atoms with Crippen molar-refractivity contribution in [3.05, 3.63) is 59.7 Å². The highest BCUT2D eigenvalue weighted by Crippen LogP contribution is 2.38. The molecule has 2 rings (SSSR count). The van der Waals surface area contributed by atoms with Gasteiger partial charge in [0.05, 0.1) is 16.9 Å². The molecule has 8 heteroatoms. The lowest BCUT2D eigenvalue weighted by Crippen LogP contribution is -2.20. The summed E-state index contributed by atoms with van der Waals surface area (Å²) in [6, 6.07) is 9.31. The van der Waals surface area contributed by atoms with Crippen LogP contribution in [0, 0.1) is 0 Å². The second-order valence-corrected chi connectivity index (χ2v) is 4.39. The number of halogens is 6. The minimum Gasteiger partial charge on any atom is -0.558 e. The van der Waals surface area contributed by atoms with E-state index in [-0.39, 0.29) is 6.07 Å². The first-order chi connectivity index (χ1) is 10.2. The summed E-state index contributed by atoms with van der Waals surface area (Å²) < 4.78 is 80.9. The Labute approximate surface area is 122 Å². The van der Waals surface area contributed by atoms with Crippen LogP contribution in [0.1, 0.15) is 11.1 Å². The summed E-state index contributed by atoms with van der Waals surface area (Å²) >= 11 is 0. The quantitative estimate of drug-likeness (QED) is 0.613. The van der Waals surface area contributed by atoms with Crippen molar-refractivity contribution >= 4 is 12.9 Å². The van der Waals surface area contributed by atoms with Crippen molar-refractivity contribution in [3.63, 3.8) is 0 Å². The molecule has 1 radical (unpaired) electrons. The van der Waals surface area contributed by atoms with Gasteiger partial charge in [0.15, 0.2) is 0 Å². The maximum absolute atomic E-state index is 12.7. The molecule has 0 aliphatic rings. The second-order valence-electron chi connectivity index (χ2n) is 4.39. The third kappa shape index (κ3) is 4.19. The molecule has 0 saturated carbocycles. The number of alkyl halides is 6. The summed E-state index contributed by atoms with van der Waals surface area (Å²) in [5.74, 6) is -0.536. The van der Waals surface area contributed by atoms with Gasteiger partial charge in [-0.3, -0.25) is 0 Å². The first kappa shape index (κ1) is 16.3. The fourth-order valence-electron chi connectivity index (χ4n) is 1.66. The van der Waals surface area contributed by atoms with Gasteiger partial charge < -0.3 is 4.65 Å². The van der Waals surface area contributed by atoms with Crippen LogP contribution in [0.5, 0.6) is 5.75 Å². The summed E-state index contributed by atoms with van der Waals surface area (Å²) in [5.41, 5.74) is -2.33. The second kappa shape index (κ2) is 5.94. The molecule has 22 heavy (non-hydrogen) atoms. The zero-order valence-corrected chi connectivity index (χ0v) is 10.9. The minimum absolute atomic E-state index is 0.0510. The third-order valence-corrected chi connectivity index (χ3v) is 2.69. The molecule has 0 amide bonds. The van der Waals surface area contributed by atoms with Gasteiger partial charge in [-0.25, -0.2) is 0 Å². The summed E-state index contributed by atoms with van der Waals surface area (Å²) in [6.45, 7) is 0. The van der Waals surface area contributed by atoms with Crippen molar-refractivity contribution in [2.45, 2.75) is 12.4 Å². The van der Waals surface area contributed by atoms with Crippen LogP contribution in [0.25, 0.3) is 0 Å². The Balaban J connectivity index is 2.30. The van der Waals surface area contributed by atoms with Crippen LogP contribution in [-0.4, -0.2) is 7.48 Å². The molecule has 0 N–H and O–H groups in total. The molecule has 115 valence electrons. The Morgan fingerprint density at radius 1 is 0.727 bits per heavy atom. The molecule has 0 saturated heterocycles. The first-order valence-electron chi connectivity index (χ1n) is 6.01. The number of hydrogen-bond donors (Lipinski definition) is 0. The van der Waals surface area contributed by atoms with Gasteiger partial charge in [-0.2, -0.15) is 26.3 Å². The van der Waals surface area contributed by atoms with Crippen LogP contribution in [0.2, 0.25) is 0 Å². The van der Waals surface area contributed by atoms with Crippen molar-refractivity contribution in [1.82, 2.24) is 0 Å². The van der Waals surface area contributed by atoms with Gasteiger partial charge in [0.2, 0.25) is 0 Å². The van der Waals surface area contributed by atoms with Crippen molar-refractivity contribution < 1.29 is 31.0 Å². The fraction of sp³-hybridized carbons (Fsp3) is 0.143. The number of benzene rings is 2. The number of hydrogen-bond acceptors (Lipinski definition) is 1. The van der Waals surface area contributed by atoms with E-state index >= 15 is 0 Å². The van der Waals surface area contributed by atoms with Crippen LogP contribution < -0.4 is 10.1 Å². The van der Waals surface area contributed by atoms with Gasteiger partial charge in [-0.05, 0) is 23.7 Å². The predicted molar refractivity (Wildman–Crippen MR) is 68.9 cm³/mol. The summed E-state index contributed by atoms with van der Waals surface area (Å²) in [5, 5.41) is 0. The van der Waals surface area contributed by atoms with E-state index < -0.39 is 29.2 Å². The summed E-state index contributed by atoms with van der Waals surface area (Å²) in [7, 11) is 1.08. The van der Waals surface area contributed by atoms with Crippen LogP contribution in [0.4, 0.5) is 26.3 Å². The largest absolute Gasteiger partial charge is 0.558 e. The SMILES string of the molecule is FC(F)(F)c1cc(O[B]c2ccccc2)cc(C(F)(F)F)c1. The maximum Gasteiger partial charge on any atom is 0.416 e. The Kier molecular flexibility index (Phi) is 4.39. The highest BCUT2D eigenvalue weighted by Gasteiger charge is 2.37. The van der Waals surface area contributed by atoms with E-state index in [9.17, 15) is 26.3 Å². The predicted octanol–water partition coefficient (Wildman–Crippen LogP) is 4.05. The lowest BCUT2D eigenvalue weighted by molar-refractivity contribution is -0.143. The van der Waals surface area contributed by atoms with Gasteiger partial charge in [0.1, 0.15) is 0 Å². The van der Waals surface area contributed by atoms with Crippen LogP contribution in [-0.2, 0) is 12.4 Å². The zero-order chi connectivity index (χ0) is 16.4. The lowest BCUT2D eigenvalue weighted by atomic mass is 9.88. The molecule has 0 heterocycles. The maximum atomic E-state index is 12.7. The molecule has 0 aromatic heterocycles. The molecule has 0 bridgehead atoms. The molecule has 1 nitrogen and oxygen atoms in total. The Bertz CT molecular complexity index is 604. The van der Waals surface area contributed by atoms with E-state index in [0.29, 0.717) is 17.6 Å². The van der Waals surface area contributed by atoms with Crippen molar-refractivity contribution in [1.29, 1.82) is 0 Å². The first-order valence-corrected chi connectivity index (χ1v) is 6.01. The Morgan fingerprint density at radius 2 is 1.23 bits per heavy atom. The van der Waals surface area contributed by atoms with Crippen molar-refractivity contribution in [2.75, 3.05) is 0 Å². The van der Waals surface area contributed by atoms with E-state index in [0.717, 1.165) is 7.48 Å². The normalized spacial score (nSPS) is 12.1. The Hall–Kier alpha value is -2.12. The summed E-state index contributed by atoms with van der Waals surface area (Å²) in [4.78, 5) is 0. The molecule has 0 aliphatic carbocycles. The fourth-order valence-corrected chi connectivity index (χ4v) is 1.66. The topological polar surface area (TPSA) is 9.23 Å². The smallest absolute Gasteiger partial charge is 0.416 e. The van der Waals surface area contributed by atoms with E-state index in [1.165, 1.54) is 0 Å². The highest BCUT2D eigenvalue weighted by atomic mass is 19.4. The van der Waals surface area contributed by atoms with E-state index in [1.54, 1.807) is 30.3 Å². The van der Waals surface area contributed by atoms with Crippen LogP contribution in [0.15, 0.2) is 48.5 Å². The average Bonchev–Trinajstić information content (AvgIpc) is 2.44. The van der Waals surface area contributed by atoms with Crippen molar-refractivity contribution in [3.8, 4) is 5.75 Å². The minimum atomic E-state index is -4.90. The average molecular weight is 317 g/mol. The molecule has 0 spiro atoms. The Morgan fingerprint density at radius 3 is 1.68 bits per heavy atom. The molecular weight excluding hydrogens is 309 g/mol. The third-order valence-electron chi connectivity index (χ3n) is 2.69. The van der Waals surface area contributed by atoms with Gasteiger partial charge in [0.25, 0.3) is 0 Å². The molecule has 0 unspecified atom stereocenters. The number of rotatable bonds is 3. The standard InChI is InChI=1S/C14H8BF6O/c16-13(17,18)9-6-10(14(19,20)21)8-12(7-9)22-15-11-4-2-1-3-5-11/h1-8H. The van der Waals surface area contributed by atoms with E-state index in [2.05, 4.69) is 0 Å².